The Balaban J connectivity index is 2.50. The van der Waals surface area contributed by atoms with E-state index in [2.05, 4.69) is 6.92 Å². The van der Waals surface area contributed by atoms with Crippen molar-refractivity contribution in [1.29, 1.82) is 0 Å². The van der Waals surface area contributed by atoms with Crippen LogP contribution in [-0.4, -0.2) is 5.78 Å². The summed E-state index contributed by atoms with van der Waals surface area (Å²) in [6.07, 6.45) is 8.45. The smallest absolute Gasteiger partial charge is 0.188 e. The third kappa shape index (κ3) is 2.38. The number of hydrogen-bond donors (Lipinski definition) is 0. The van der Waals surface area contributed by atoms with Gasteiger partial charge in [0, 0.05) is 0 Å². The molecule has 12 heavy (non-hydrogen) atoms. The lowest BCUT2D eigenvalue weighted by atomic mass is 10.2. The summed E-state index contributed by atoms with van der Waals surface area (Å²) >= 11 is 0. The molecule has 1 aromatic rings. The first-order valence-electron chi connectivity index (χ1n) is 4.07. The first-order chi connectivity index (χ1) is 5.84. The normalized spacial score (nSPS) is 10.8. The lowest BCUT2D eigenvalue weighted by Gasteiger charge is -1.86. The Labute approximate surface area is 71.9 Å². The van der Waals surface area contributed by atoms with E-state index in [-0.39, 0.29) is 5.78 Å². The van der Waals surface area contributed by atoms with E-state index in [0.29, 0.717) is 5.56 Å². The SMILES string of the molecule is CCC/C=C/C(=O)c1ccoc1. The monoisotopic (exact) mass is 164 g/mol. The molecule has 0 amide bonds. The van der Waals surface area contributed by atoms with Crippen molar-refractivity contribution in [1.82, 2.24) is 0 Å². The molecular weight excluding hydrogens is 152 g/mol. The number of hydrogen-bond acceptors (Lipinski definition) is 2. The maximum Gasteiger partial charge on any atom is 0.188 e. The topological polar surface area (TPSA) is 30.2 Å². The zero-order valence-electron chi connectivity index (χ0n) is 7.12. The lowest BCUT2D eigenvalue weighted by Crippen LogP contribution is -1.89. The van der Waals surface area contributed by atoms with E-state index in [1.807, 2.05) is 6.08 Å². The van der Waals surface area contributed by atoms with Gasteiger partial charge in [0.05, 0.1) is 11.8 Å². The van der Waals surface area contributed by atoms with Gasteiger partial charge in [-0.2, -0.15) is 0 Å². The number of carbonyl (C=O) groups is 1. The van der Waals surface area contributed by atoms with E-state index in [1.165, 1.54) is 12.5 Å². The second kappa shape index (κ2) is 4.54. The second-order valence-corrected chi connectivity index (χ2v) is 2.57. The highest BCUT2D eigenvalue weighted by Gasteiger charge is 2.00. The van der Waals surface area contributed by atoms with Crippen molar-refractivity contribution < 1.29 is 9.21 Å². The van der Waals surface area contributed by atoms with Crippen LogP contribution in [0, 0.1) is 0 Å². The van der Waals surface area contributed by atoms with Gasteiger partial charge < -0.3 is 4.42 Å². The quantitative estimate of drug-likeness (QED) is 0.506. The maximum absolute atomic E-state index is 11.2. The molecule has 0 saturated heterocycles. The first-order valence-corrected chi connectivity index (χ1v) is 4.07. The van der Waals surface area contributed by atoms with E-state index in [9.17, 15) is 4.79 Å². The minimum Gasteiger partial charge on any atom is -0.472 e. The molecule has 0 N–H and O–H groups in total. The van der Waals surface area contributed by atoms with Crippen molar-refractivity contribution in [3.8, 4) is 0 Å². The highest BCUT2D eigenvalue weighted by molar-refractivity contribution is 6.04. The summed E-state index contributed by atoms with van der Waals surface area (Å²) in [7, 11) is 0. The third-order valence-corrected chi connectivity index (χ3v) is 1.53. The van der Waals surface area contributed by atoms with Gasteiger partial charge in [-0.25, -0.2) is 0 Å². The fourth-order valence-corrected chi connectivity index (χ4v) is 0.858. The Hall–Kier alpha value is -1.31. The van der Waals surface area contributed by atoms with E-state index >= 15 is 0 Å². The average Bonchev–Trinajstić information content (AvgIpc) is 2.56. The van der Waals surface area contributed by atoms with Gasteiger partial charge in [-0.15, -0.1) is 0 Å². The van der Waals surface area contributed by atoms with E-state index < -0.39 is 0 Å². The van der Waals surface area contributed by atoms with Crippen LogP contribution in [-0.2, 0) is 0 Å². The van der Waals surface area contributed by atoms with Gasteiger partial charge in [-0.3, -0.25) is 4.79 Å². The highest BCUT2D eigenvalue weighted by atomic mass is 16.3. The average molecular weight is 164 g/mol. The van der Waals surface area contributed by atoms with Crippen molar-refractivity contribution in [2.45, 2.75) is 19.8 Å². The second-order valence-electron chi connectivity index (χ2n) is 2.57. The fraction of sp³-hybridized carbons (Fsp3) is 0.300. The number of allylic oxidation sites excluding steroid dienone is 2. The molecule has 1 rings (SSSR count). The summed E-state index contributed by atoms with van der Waals surface area (Å²) < 4.78 is 4.79. The molecule has 0 fully saturated rings. The molecule has 1 aromatic heterocycles. The van der Waals surface area contributed by atoms with Crippen LogP contribution < -0.4 is 0 Å². The minimum atomic E-state index is 0.0113. The van der Waals surface area contributed by atoms with Crippen LogP contribution in [0.2, 0.25) is 0 Å². The van der Waals surface area contributed by atoms with E-state index in [1.54, 1.807) is 12.1 Å². The molecule has 0 bridgehead atoms. The number of carbonyl (C=O) groups excluding carboxylic acids is 1. The molecule has 0 radical (unpaired) electrons. The Kier molecular flexibility index (Phi) is 3.33. The van der Waals surface area contributed by atoms with Crippen LogP contribution in [0.1, 0.15) is 30.1 Å². The number of furan rings is 1. The summed E-state index contributed by atoms with van der Waals surface area (Å²) in [4.78, 5) is 11.2. The molecule has 0 aliphatic carbocycles. The predicted molar refractivity (Wildman–Crippen MR) is 47.1 cm³/mol. The summed E-state index contributed by atoms with van der Waals surface area (Å²) in [6, 6.07) is 1.67. The van der Waals surface area contributed by atoms with Crippen LogP contribution in [0.4, 0.5) is 0 Å². The molecule has 0 aliphatic rings. The predicted octanol–water partition coefficient (Wildman–Crippen LogP) is 2.82. The summed E-state index contributed by atoms with van der Waals surface area (Å²) in [6.45, 7) is 2.08. The van der Waals surface area contributed by atoms with Gasteiger partial charge in [0.1, 0.15) is 6.26 Å². The van der Waals surface area contributed by atoms with Gasteiger partial charge in [-0.05, 0) is 18.6 Å². The Bertz CT molecular complexity index is 257. The molecule has 0 aromatic carbocycles. The highest BCUT2D eigenvalue weighted by Crippen LogP contribution is 2.02. The van der Waals surface area contributed by atoms with Crippen molar-refractivity contribution in [3.63, 3.8) is 0 Å². The van der Waals surface area contributed by atoms with Gasteiger partial charge in [-0.1, -0.05) is 19.4 Å². The molecular formula is C10H12O2. The molecule has 0 spiro atoms. The van der Waals surface area contributed by atoms with Gasteiger partial charge in [0.15, 0.2) is 5.78 Å². The largest absolute Gasteiger partial charge is 0.472 e. The summed E-state index contributed by atoms with van der Waals surface area (Å²) in [5, 5.41) is 0. The summed E-state index contributed by atoms with van der Waals surface area (Å²) in [5.41, 5.74) is 0.613. The lowest BCUT2D eigenvalue weighted by molar-refractivity contribution is 0.104. The van der Waals surface area contributed by atoms with Gasteiger partial charge in [0.25, 0.3) is 0 Å². The maximum atomic E-state index is 11.2. The summed E-state index contributed by atoms with van der Waals surface area (Å²) in [5.74, 6) is 0.0113. The van der Waals surface area contributed by atoms with Crippen LogP contribution in [0.15, 0.2) is 35.2 Å². The molecule has 1 heterocycles. The fourth-order valence-electron chi connectivity index (χ4n) is 0.858. The van der Waals surface area contributed by atoms with Gasteiger partial charge in [0.2, 0.25) is 0 Å². The zero-order valence-corrected chi connectivity index (χ0v) is 7.12. The Morgan fingerprint density at radius 1 is 1.67 bits per heavy atom. The molecule has 0 aliphatic heterocycles. The molecule has 2 heteroatoms. The molecule has 64 valence electrons. The Morgan fingerprint density at radius 2 is 2.50 bits per heavy atom. The van der Waals surface area contributed by atoms with Crippen LogP contribution in [0.25, 0.3) is 0 Å². The number of unbranched alkanes of at least 4 members (excludes halogenated alkanes) is 1. The zero-order chi connectivity index (χ0) is 8.81. The standard InChI is InChI=1S/C10H12O2/c1-2-3-4-5-10(11)9-6-7-12-8-9/h4-8H,2-3H2,1H3/b5-4+. The number of ketones is 1. The van der Waals surface area contributed by atoms with Crippen LogP contribution in [0.5, 0.6) is 0 Å². The first kappa shape index (κ1) is 8.78. The van der Waals surface area contributed by atoms with Crippen molar-refractivity contribution >= 4 is 5.78 Å². The number of rotatable bonds is 4. The molecule has 2 nitrogen and oxygen atoms in total. The minimum absolute atomic E-state index is 0.0113. The molecule has 0 saturated carbocycles. The van der Waals surface area contributed by atoms with Crippen molar-refractivity contribution in [2.75, 3.05) is 0 Å². The van der Waals surface area contributed by atoms with E-state index in [4.69, 9.17) is 4.42 Å². The van der Waals surface area contributed by atoms with E-state index in [0.717, 1.165) is 12.8 Å². The molecule has 0 atom stereocenters. The van der Waals surface area contributed by atoms with Crippen molar-refractivity contribution in [2.24, 2.45) is 0 Å². The van der Waals surface area contributed by atoms with Crippen LogP contribution >= 0.6 is 0 Å². The Morgan fingerprint density at radius 3 is 3.08 bits per heavy atom. The van der Waals surface area contributed by atoms with Crippen LogP contribution in [0.3, 0.4) is 0 Å². The van der Waals surface area contributed by atoms with Gasteiger partial charge >= 0.3 is 0 Å². The third-order valence-electron chi connectivity index (χ3n) is 1.53. The molecule has 0 unspecified atom stereocenters. The van der Waals surface area contributed by atoms with Crippen molar-refractivity contribution in [3.05, 3.63) is 36.3 Å².